The summed E-state index contributed by atoms with van der Waals surface area (Å²) in [6.45, 7) is 4.30. The van der Waals surface area contributed by atoms with E-state index in [1.165, 1.54) is 6.42 Å². The van der Waals surface area contributed by atoms with Crippen LogP contribution < -0.4 is 10.7 Å². The minimum atomic E-state index is -0.195. The molecule has 4 unspecified atom stereocenters. The van der Waals surface area contributed by atoms with Crippen LogP contribution in [0.4, 0.5) is 5.69 Å². The Bertz CT molecular complexity index is 730. The molecule has 1 aliphatic carbocycles. The fourth-order valence-corrected chi connectivity index (χ4v) is 4.37. The number of benzene rings is 1. The van der Waals surface area contributed by atoms with E-state index >= 15 is 0 Å². The largest absolute Gasteiger partial charge is 0.325 e. The molecule has 6 heteroatoms. The lowest BCUT2D eigenvalue weighted by Gasteiger charge is -2.35. The van der Waals surface area contributed by atoms with Gasteiger partial charge in [0.05, 0.1) is 0 Å². The monoisotopic (exact) mass is 354 g/mol. The van der Waals surface area contributed by atoms with E-state index in [-0.39, 0.29) is 24.4 Å². The number of anilines is 1. The van der Waals surface area contributed by atoms with Crippen molar-refractivity contribution >= 4 is 17.5 Å². The molecule has 138 valence electrons. The van der Waals surface area contributed by atoms with E-state index in [1.807, 2.05) is 42.4 Å². The van der Waals surface area contributed by atoms with Gasteiger partial charge in [0, 0.05) is 30.0 Å². The summed E-state index contributed by atoms with van der Waals surface area (Å²) in [6, 6.07) is 7.82. The van der Waals surface area contributed by atoms with E-state index in [0.29, 0.717) is 17.9 Å². The Morgan fingerprint density at radius 1 is 1.23 bits per heavy atom. The van der Waals surface area contributed by atoms with Crippen molar-refractivity contribution < 1.29 is 9.59 Å². The maximum Gasteiger partial charge on any atom is 0.251 e. The third kappa shape index (κ3) is 3.21. The van der Waals surface area contributed by atoms with Crippen LogP contribution in [0.5, 0.6) is 0 Å². The molecule has 1 aromatic rings. The Morgan fingerprint density at radius 2 is 2.00 bits per heavy atom. The Labute approximate surface area is 154 Å². The number of hydrogen-bond donors (Lipinski definition) is 2. The average molecular weight is 354 g/mol. The molecule has 26 heavy (non-hydrogen) atoms. The molecule has 4 rings (SSSR count). The lowest BCUT2D eigenvalue weighted by atomic mass is 9.76. The molecule has 2 aliphatic heterocycles. The number of carbonyl (C=O) groups is 2. The van der Waals surface area contributed by atoms with Gasteiger partial charge in [0.15, 0.2) is 0 Å². The van der Waals surface area contributed by atoms with Crippen molar-refractivity contribution in [3.8, 4) is 0 Å². The first-order chi connectivity index (χ1) is 12.5. The summed E-state index contributed by atoms with van der Waals surface area (Å²) in [5.74, 6) is 0.800. The van der Waals surface area contributed by atoms with Gasteiger partial charge in [0.2, 0.25) is 5.91 Å². The molecule has 6 nitrogen and oxygen atoms in total. The van der Waals surface area contributed by atoms with Crippen LogP contribution in [0.2, 0.25) is 0 Å². The van der Waals surface area contributed by atoms with E-state index in [1.54, 1.807) is 11.1 Å². The number of fused-ring (bicyclic) bond motifs is 3. The second kappa shape index (κ2) is 6.76. The molecule has 1 aromatic carbocycles. The van der Waals surface area contributed by atoms with Crippen molar-refractivity contribution in [1.29, 1.82) is 0 Å². The fraction of sp³-hybridized carbons (Fsp3) is 0.500. The molecule has 4 atom stereocenters. The highest BCUT2D eigenvalue weighted by molar-refractivity contribution is 5.96. The maximum atomic E-state index is 13.0. The first-order valence-electron chi connectivity index (χ1n) is 9.41. The van der Waals surface area contributed by atoms with Gasteiger partial charge in [-0.15, -0.1) is 0 Å². The number of carbonyl (C=O) groups excluding carboxylic acids is 2. The van der Waals surface area contributed by atoms with Gasteiger partial charge in [-0.3, -0.25) is 9.59 Å². The van der Waals surface area contributed by atoms with E-state index in [2.05, 4.69) is 17.7 Å². The predicted molar refractivity (Wildman–Crippen MR) is 99.7 cm³/mol. The Kier molecular flexibility index (Phi) is 4.44. The predicted octanol–water partition coefficient (Wildman–Crippen LogP) is 2.24. The van der Waals surface area contributed by atoms with Crippen molar-refractivity contribution in [2.75, 3.05) is 11.9 Å². The summed E-state index contributed by atoms with van der Waals surface area (Å²) in [5.41, 5.74) is 5.35. The normalized spacial score (nSPS) is 30.2. The zero-order valence-electron chi connectivity index (χ0n) is 15.3. The lowest BCUT2D eigenvalue weighted by molar-refractivity contribution is -0.138. The van der Waals surface area contributed by atoms with Crippen LogP contribution >= 0.6 is 0 Å². The van der Waals surface area contributed by atoms with E-state index < -0.39 is 0 Å². The van der Waals surface area contributed by atoms with Crippen molar-refractivity contribution in [1.82, 2.24) is 15.3 Å². The number of hydrazine groups is 1. The number of nitrogens with one attached hydrogen (secondary N) is 2. The lowest BCUT2D eigenvalue weighted by Crippen LogP contribution is -2.51. The first-order valence-corrected chi connectivity index (χ1v) is 9.41. The van der Waals surface area contributed by atoms with Gasteiger partial charge in [0.25, 0.3) is 5.91 Å². The maximum absolute atomic E-state index is 13.0. The first kappa shape index (κ1) is 17.1. The van der Waals surface area contributed by atoms with Gasteiger partial charge >= 0.3 is 0 Å². The Balaban J connectivity index is 1.42. The smallest absolute Gasteiger partial charge is 0.251 e. The van der Waals surface area contributed by atoms with Gasteiger partial charge in [0.1, 0.15) is 12.6 Å². The molecule has 0 radical (unpaired) electrons. The topological polar surface area (TPSA) is 64.7 Å². The summed E-state index contributed by atoms with van der Waals surface area (Å²) in [7, 11) is 0. The van der Waals surface area contributed by atoms with Crippen LogP contribution in [-0.4, -0.2) is 40.4 Å². The summed E-state index contributed by atoms with van der Waals surface area (Å²) in [4.78, 5) is 26.9. The molecule has 2 fully saturated rings. The molecule has 0 spiro atoms. The zero-order valence-corrected chi connectivity index (χ0v) is 15.3. The molecule has 0 bridgehead atoms. The van der Waals surface area contributed by atoms with Crippen LogP contribution in [-0.2, 0) is 9.59 Å². The molecule has 2 amide bonds. The molecule has 1 saturated heterocycles. The highest BCUT2D eigenvalue weighted by Gasteiger charge is 2.49. The quantitative estimate of drug-likeness (QED) is 0.874. The minimum Gasteiger partial charge on any atom is -0.325 e. The molecule has 2 heterocycles. The number of amides is 2. The van der Waals surface area contributed by atoms with Crippen LogP contribution in [0.3, 0.4) is 0 Å². The number of aryl methyl sites for hydroxylation is 1. The third-order valence-corrected chi connectivity index (χ3v) is 5.77. The zero-order chi connectivity index (χ0) is 18.3. The summed E-state index contributed by atoms with van der Waals surface area (Å²) in [6.07, 6.45) is 6.97. The van der Waals surface area contributed by atoms with Crippen LogP contribution in [0.15, 0.2) is 36.7 Å². The Morgan fingerprint density at radius 3 is 2.77 bits per heavy atom. The van der Waals surface area contributed by atoms with Crippen molar-refractivity contribution in [2.45, 2.75) is 45.2 Å². The minimum absolute atomic E-state index is 0.0145. The average Bonchev–Trinajstić information content (AvgIpc) is 2.98. The Hall–Kier alpha value is -2.34. The summed E-state index contributed by atoms with van der Waals surface area (Å²) >= 11 is 0. The highest BCUT2D eigenvalue weighted by atomic mass is 16.2. The van der Waals surface area contributed by atoms with Crippen LogP contribution in [0.1, 0.15) is 31.7 Å². The molecule has 1 saturated carbocycles. The van der Waals surface area contributed by atoms with E-state index in [4.69, 9.17) is 0 Å². The van der Waals surface area contributed by atoms with Gasteiger partial charge in [-0.25, -0.2) is 5.43 Å². The van der Waals surface area contributed by atoms with Crippen molar-refractivity contribution in [3.63, 3.8) is 0 Å². The molecule has 0 aromatic heterocycles. The van der Waals surface area contributed by atoms with Crippen molar-refractivity contribution in [2.24, 2.45) is 11.8 Å². The van der Waals surface area contributed by atoms with Crippen LogP contribution in [0, 0.1) is 18.8 Å². The third-order valence-electron chi connectivity index (χ3n) is 5.77. The SMILES string of the molecule is Cc1ccc(NC(=O)CN2C=CN3NC4CCC(C)CC4C3C2=O)cc1. The van der Waals surface area contributed by atoms with Gasteiger partial charge < -0.3 is 15.2 Å². The second-order valence-corrected chi connectivity index (χ2v) is 7.85. The van der Waals surface area contributed by atoms with Gasteiger partial charge in [-0.05, 0) is 44.2 Å². The van der Waals surface area contributed by atoms with Gasteiger partial charge in [-0.2, -0.15) is 0 Å². The summed E-state index contributed by atoms with van der Waals surface area (Å²) < 4.78 is 0. The van der Waals surface area contributed by atoms with E-state index in [0.717, 1.165) is 24.1 Å². The van der Waals surface area contributed by atoms with Crippen LogP contribution in [0.25, 0.3) is 0 Å². The molecular weight excluding hydrogens is 328 g/mol. The summed E-state index contributed by atoms with van der Waals surface area (Å²) in [5, 5.41) is 4.81. The van der Waals surface area contributed by atoms with Crippen molar-refractivity contribution in [3.05, 3.63) is 42.2 Å². The molecule has 2 N–H and O–H groups in total. The van der Waals surface area contributed by atoms with Gasteiger partial charge in [-0.1, -0.05) is 24.6 Å². The van der Waals surface area contributed by atoms with E-state index in [9.17, 15) is 9.59 Å². The number of nitrogens with zero attached hydrogens (tertiary/aromatic N) is 2. The molecule has 3 aliphatic rings. The molecular formula is C20H26N4O2. The number of rotatable bonds is 3. The highest BCUT2D eigenvalue weighted by Crippen LogP contribution is 2.38. The second-order valence-electron chi connectivity index (χ2n) is 7.85. The number of hydrogen-bond acceptors (Lipinski definition) is 4. The fourth-order valence-electron chi connectivity index (χ4n) is 4.37. The standard InChI is InChI=1S/C20H26N4O2/c1-13-3-6-15(7-4-13)21-18(25)12-23-9-10-24-19(20(23)26)16-11-14(2)5-8-17(16)22-24/h3-4,6-7,9-10,14,16-17,19,22H,5,8,11-12H2,1-2H3,(H,21,25).